The van der Waals surface area contributed by atoms with E-state index < -0.39 is 0 Å². The molecule has 18 heavy (non-hydrogen) atoms. The Morgan fingerprint density at radius 1 is 0.889 bits per heavy atom. The Kier molecular flexibility index (Phi) is 8.01. The molecule has 0 aliphatic rings. The molecule has 0 radical (unpaired) electrons. The van der Waals surface area contributed by atoms with Crippen LogP contribution in [0.3, 0.4) is 0 Å². The van der Waals surface area contributed by atoms with Crippen molar-refractivity contribution in [1.29, 1.82) is 0 Å². The molecule has 0 atom stereocenters. The molecule has 0 spiro atoms. The van der Waals surface area contributed by atoms with Crippen LogP contribution in [0.4, 0.5) is 0 Å². The monoisotopic (exact) mass is 253 g/mol. The van der Waals surface area contributed by atoms with Crippen LogP contribution in [-0.4, -0.2) is 40.5 Å². The summed E-state index contributed by atoms with van der Waals surface area (Å²) in [5.74, 6) is 1.72. The van der Waals surface area contributed by atoms with Gasteiger partial charge in [-0.15, -0.1) is 0 Å². The first-order chi connectivity index (χ1) is 8.86. The highest BCUT2D eigenvalue weighted by atomic mass is 16.5. The average molecular weight is 253 g/mol. The van der Waals surface area contributed by atoms with E-state index in [9.17, 15) is 0 Å². The minimum atomic E-state index is 0.677. The van der Waals surface area contributed by atoms with Gasteiger partial charge in [-0.2, -0.15) is 0 Å². The Morgan fingerprint density at radius 2 is 1.61 bits per heavy atom. The molecule has 0 aliphatic carbocycles. The highest BCUT2D eigenvalue weighted by molar-refractivity contribution is 5.31. The number of ether oxygens (including phenoxy) is 3. The highest BCUT2D eigenvalue weighted by Gasteiger charge is 1.95. The summed E-state index contributed by atoms with van der Waals surface area (Å²) in [4.78, 5) is 0. The fourth-order valence-corrected chi connectivity index (χ4v) is 1.53. The van der Waals surface area contributed by atoms with Gasteiger partial charge < -0.3 is 19.5 Å². The zero-order valence-corrected chi connectivity index (χ0v) is 11.3. The van der Waals surface area contributed by atoms with Crippen LogP contribution in [0.25, 0.3) is 0 Å². The molecule has 0 bridgehead atoms. The Hall–Kier alpha value is -1.26. The van der Waals surface area contributed by atoms with Crippen molar-refractivity contribution in [2.75, 3.05) is 40.5 Å². The van der Waals surface area contributed by atoms with E-state index in [4.69, 9.17) is 14.2 Å². The third kappa shape index (κ3) is 6.47. The van der Waals surface area contributed by atoms with Gasteiger partial charge in [0.2, 0.25) is 0 Å². The maximum atomic E-state index is 5.59. The van der Waals surface area contributed by atoms with Crippen molar-refractivity contribution in [3.63, 3.8) is 0 Å². The molecule has 1 N–H and O–H groups in total. The lowest BCUT2D eigenvalue weighted by molar-refractivity contribution is 0.192. The molecule has 0 aromatic heterocycles. The van der Waals surface area contributed by atoms with Crippen molar-refractivity contribution in [1.82, 2.24) is 5.32 Å². The third-order valence-corrected chi connectivity index (χ3v) is 2.56. The number of methoxy groups -OCH3 is 2. The van der Waals surface area contributed by atoms with E-state index in [1.54, 1.807) is 14.2 Å². The average Bonchev–Trinajstić information content (AvgIpc) is 2.42. The fraction of sp³-hybridized carbons (Fsp3) is 0.571. The van der Waals surface area contributed by atoms with Gasteiger partial charge >= 0.3 is 0 Å². The van der Waals surface area contributed by atoms with Gasteiger partial charge in [0.05, 0.1) is 7.11 Å². The van der Waals surface area contributed by atoms with E-state index in [-0.39, 0.29) is 0 Å². The molecule has 0 saturated heterocycles. The van der Waals surface area contributed by atoms with Crippen LogP contribution in [0.2, 0.25) is 0 Å². The summed E-state index contributed by atoms with van der Waals surface area (Å²) < 4.78 is 15.7. The quantitative estimate of drug-likeness (QED) is 0.648. The number of rotatable bonds is 10. The van der Waals surface area contributed by atoms with Gasteiger partial charge in [0.15, 0.2) is 0 Å². The predicted octanol–water partition coefficient (Wildman–Crippen LogP) is 2.09. The lowest BCUT2D eigenvalue weighted by atomic mass is 10.3. The third-order valence-electron chi connectivity index (χ3n) is 2.56. The number of unbranched alkanes of at least 4 members (excludes halogenated alkanes) is 1. The lowest BCUT2D eigenvalue weighted by Gasteiger charge is -2.08. The molecule has 1 aromatic rings. The van der Waals surface area contributed by atoms with Gasteiger partial charge in [0.25, 0.3) is 0 Å². The van der Waals surface area contributed by atoms with Crippen LogP contribution in [0, 0.1) is 0 Å². The maximum absolute atomic E-state index is 5.59. The Labute approximate surface area is 109 Å². The summed E-state index contributed by atoms with van der Waals surface area (Å²) in [6.45, 7) is 3.38. The first-order valence-corrected chi connectivity index (χ1v) is 6.33. The van der Waals surface area contributed by atoms with E-state index in [2.05, 4.69) is 5.32 Å². The molecule has 102 valence electrons. The first-order valence-electron chi connectivity index (χ1n) is 6.33. The van der Waals surface area contributed by atoms with Gasteiger partial charge in [-0.3, -0.25) is 0 Å². The summed E-state index contributed by atoms with van der Waals surface area (Å²) in [5.41, 5.74) is 0. The van der Waals surface area contributed by atoms with E-state index in [1.807, 2.05) is 24.3 Å². The summed E-state index contributed by atoms with van der Waals surface area (Å²) in [7, 11) is 3.39. The number of nitrogens with one attached hydrogen (secondary N) is 1. The van der Waals surface area contributed by atoms with Crippen molar-refractivity contribution >= 4 is 0 Å². The smallest absolute Gasteiger partial charge is 0.119 e. The van der Waals surface area contributed by atoms with Crippen LogP contribution in [-0.2, 0) is 4.74 Å². The Morgan fingerprint density at radius 3 is 2.28 bits per heavy atom. The van der Waals surface area contributed by atoms with Gasteiger partial charge in [-0.1, -0.05) is 0 Å². The standard InChI is InChI=1S/C14H23NO3/c1-16-11-4-3-9-15-10-12-18-14-7-5-13(17-2)6-8-14/h5-8,15H,3-4,9-12H2,1-2H3. The van der Waals surface area contributed by atoms with E-state index in [0.717, 1.165) is 44.0 Å². The van der Waals surface area contributed by atoms with Gasteiger partial charge in [-0.05, 0) is 43.7 Å². The number of hydrogen-bond acceptors (Lipinski definition) is 4. The second-order valence-corrected chi connectivity index (χ2v) is 3.97. The fourth-order valence-electron chi connectivity index (χ4n) is 1.53. The van der Waals surface area contributed by atoms with Crippen molar-refractivity contribution in [3.8, 4) is 11.5 Å². The SMILES string of the molecule is COCCCCNCCOc1ccc(OC)cc1. The van der Waals surface area contributed by atoms with Crippen molar-refractivity contribution in [2.45, 2.75) is 12.8 Å². The highest BCUT2D eigenvalue weighted by Crippen LogP contribution is 2.16. The largest absolute Gasteiger partial charge is 0.497 e. The first kappa shape index (κ1) is 14.8. The number of hydrogen-bond donors (Lipinski definition) is 1. The maximum Gasteiger partial charge on any atom is 0.119 e. The Balaban J connectivity index is 2.00. The topological polar surface area (TPSA) is 39.7 Å². The molecular formula is C14H23NO3. The van der Waals surface area contributed by atoms with Crippen LogP contribution in [0.1, 0.15) is 12.8 Å². The molecule has 0 unspecified atom stereocenters. The van der Waals surface area contributed by atoms with Crippen molar-refractivity contribution in [2.24, 2.45) is 0 Å². The second-order valence-electron chi connectivity index (χ2n) is 3.97. The van der Waals surface area contributed by atoms with Gasteiger partial charge in [-0.25, -0.2) is 0 Å². The van der Waals surface area contributed by atoms with Crippen molar-refractivity contribution in [3.05, 3.63) is 24.3 Å². The van der Waals surface area contributed by atoms with Crippen molar-refractivity contribution < 1.29 is 14.2 Å². The number of benzene rings is 1. The van der Waals surface area contributed by atoms with Crippen LogP contribution in [0.5, 0.6) is 11.5 Å². The van der Waals surface area contributed by atoms with Crippen LogP contribution in [0.15, 0.2) is 24.3 Å². The molecular weight excluding hydrogens is 230 g/mol. The summed E-state index contributed by atoms with van der Waals surface area (Å²) in [6, 6.07) is 7.62. The molecule has 0 amide bonds. The molecule has 0 aliphatic heterocycles. The molecule has 0 heterocycles. The zero-order valence-electron chi connectivity index (χ0n) is 11.3. The normalized spacial score (nSPS) is 10.3. The van der Waals surface area contributed by atoms with Crippen LogP contribution < -0.4 is 14.8 Å². The van der Waals surface area contributed by atoms with Crippen LogP contribution >= 0.6 is 0 Å². The summed E-state index contributed by atoms with van der Waals surface area (Å²) in [5, 5.41) is 3.33. The van der Waals surface area contributed by atoms with E-state index in [1.165, 1.54) is 0 Å². The van der Waals surface area contributed by atoms with E-state index >= 15 is 0 Å². The molecule has 4 nitrogen and oxygen atoms in total. The van der Waals surface area contributed by atoms with Gasteiger partial charge in [0, 0.05) is 20.3 Å². The van der Waals surface area contributed by atoms with Gasteiger partial charge in [0.1, 0.15) is 18.1 Å². The minimum Gasteiger partial charge on any atom is -0.497 e. The molecule has 1 rings (SSSR count). The lowest BCUT2D eigenvalue weighted by Crippen LogP contribution is -2.22. The summed E-state index contributed by atoms with van der Waals surface area (Å²) >= 11 is 0. The van der Waals surface area contributed by atoms with E-state index in [0.29, 0.717) is 6.61 Å². The predicted molar refractivity (Wildman–Crippen MR) is 72.5 cm³/mol. The zero-order chi connectivity index (χ0) is 13.1. The minimum absolute atomic E-state index is 0.677. The molecule has 1 aromatic carbocycles. The second kappa shape index (κ2) is 9.74. The Bertz CT molecular complexity index is 300. The molecule has 0 saturated carbocycles. The summed E-state index contributed by atoms with van der Waals surface area (Å²) in [6.07, 6.45) is 2.24. The molecule has 0 fully saturated rings. The molecule has 4 heteroatoms.